The van der Waals surface area contributed by atoms with Crippen molar-refractivity contribution >= 4 is 34.8 Å². The summed E-state index contributed by atoms with van der Waals surface area (Å²) < 4.78 is 4.85. The molecule has 1 N–H and O–H groups in total. The van der Waals surface area contributed by atoms with Gasteiger partial charge in [-0.1, -0.05) is 41.8 Å². The minimum Gasteiger partial charge on any atom is -0.323 e. The van der Waals surface area contributed by atoms with Crippen LogP contribution in [-0.2, 0) is 4.79 Å². The summed E-state index contributed by atoms with van der Waals surface area (Å²) in [4.78, 5) is 40.6. The van der Waals surface area contributed by atoms with Gasteiger partial charge in [-0.15, -0.1) is 5.10 Å². The average molecular weight is 654 g/mol. The lowest BCUT2D eigenvalue weighted by molar-refractivity contribution is -0.119. The van der Waals surface area contributed by atoms with Crippen LogP contribution in [0.4, 0.5) is 5.69 Å². The minimum atomic E-state index is -0.447. The Morgan fingerprint density at radius 3 is 2.59 bits per heavy atom. The van der Waals surface area contributed by atoms with E-state index in [1.54, 1.807) is 58.4 Å². The number of anilines is 1. The van der Waals surface area contributed by atoms with Crippen LogP contribution in [0.15, 0.2) is 90.6 Å². The summed E-state index contributed by atoms with van der Waals surface area (Å²) in [5, 5.41) is 16.3. The maximum Gasteiger partial charge on any atom is 0.254 e. The molecule has 0 fully saturated rings. The number of nitrogens with zero attached hydrogens (tertiary/aromatic N) is 9. The van der Waals surface area contributed by atoms with Crippen molar-refractivity contribution in [2.24, 2.45) is 5.92 Å². The maximum absolute atomic E-state index is 13.9. The number of aromatic nitrogens is 9. The van der Waals surface area contributed by atoms with Gasteiger partial charge in [-0.3, -0.25) is 24.1 Å². The lowest BCUT2D eigenvalue weighted by atomic mass is 9.97. The molecule has 0 radical (unpaired) electrons. The van der Waals surface area contributed by atoms with Crippen molar-refractivity contribution in [1.82, 2.24) is 44.3 Å². The van der Waals surface area contributed by atoms with E-state index >= 15 is 0 Å². The third kappa shape index (κ3) is 5.68. The topological polar surface area (TPSA) is 138 Å². The number of carbonyl (C=O) groups excluding carboxylic acids is 1. The molecule has 1 aliphatic rings. The van der Waals surface area contributed by atoms with Crippen LogP contribution in [0.1, 0.15) is 37.9 Å². The van der Waals surface area contributed by atoms with E-state index in [4.69, 9.17) is 33.2 Å². The van der Waals surface area contributed by atoms with Gasteiger partial charge >= 0.3 is 0 Å². The first-order valence-electron chi connectivity index (χ1n) is 14.6. The number of nitrogens with one attached hydrogen (secondary N) is 1. The molecule has 1 aliphatic heterocycles. The number of carbonyl (C=O) groups is 1. The van der Waals surface area contributed by atoms with Crippen LogP contribution in [0.2, 0.25) is 10.2 Å². The molecule has 1 aromatic carbocycles. The second-order valence-electron chi connectivity index (χ2n) is 11.0. The maximum atomic E-state index is 13.9. The summed E-state index contributed by atoms with van der Waals surface area (Å²) in [6, 6.07) is 13.7. The van der Waals surface area contributed by atoms with Gasteiger partial charge in [0, 0.05) is 46.7 Å². The number of fused-ring (bicyclic) bond motifs is 4. The monoisotopic (exact) mass is 652 g/mol. The first kappa shape index (κ1) is 29.5. The molecule has 0 saturated carbocycles. The molecule has 0 spiro atoms. The lowest BCUT2D eigenvalue weighted by Crippen LogP contribution is -2.27. The number of halogens is 2. The lowest BCUT2D eigenvalue weighted by Gasteiger charge is -2.22. The molecule has 0 saturated heterocycles. The molecule has 5 aromatic heterocycles. The van der Waals surface area contributed by atoms with E-state index in [-0.39, 0.29) is 22.5 Å². The third-order valence-electron chi connectivity index (χ3n) is 8.01. The Labute approximate surface area is 272 Å². The second kappa shape index (κ2) is 12.3. The Kier molecular flexibility index (Phi) is 7.89. The predicted molar refractivity (Wildman–Crippen MR) is 173 cm³/mol. The van der Waals surface area contributed by atoms with Crippen LogP contribution in [0.5, 0.6) is 0 Å². The molecule has 1 amide bonds. The Balaban J connectivity index is 1.33. The van der Waals surface area contributed by atoms with Crippen molar-refractivity contribution < 1.29 is 4.79 Å². The van der Waals surface area contributed by atoms with Crippen LogP contribution in [0.25, 0.3) is 33.9 Å². The fourth-order valence-corrected chi connectivity index (χ4v) is 5.97. The van der Waals surface area contributed by atoms with Crippen molar-refractivity contribution in [3.63, 3.8) is 0 Å². The van der Waals surface area contributed by atoms with Crippen molar-refractivity contribution in [2.75, 3.05) is 5.32 Å². The molecular weight excluding hydrogens is 627 g/mol. The van der Waals surface area contributed by atoms with Gasteiger partial charge in [0.15, 0.2) is 5.15 Å². The molecule has 0 aliphatic carbocycles. The normalized spacial score (nSPS) is 16.6. The van der Waals surface area contributed by atoms with Gasteiger partial charge in [-0.2, -0.15) is 5.10 Å². The number of pyridine rings is 2. The number of amides is 1. The first-order valence-corrected chi connectivity index (χ1v) is 15.3. The minimum absolute atomic E-state index is 0.101. The highest BCUT2D eigenvalue weighted by Gasteiger charge is 2.25. The number of benzene rings is 1. The van der Waals surface area contributed by atoms with E-state index in [0.29, 0.717) is 58.3 Å². The predicted octanol–water partition coefficient (Wildman–Crippen LogP) is 5.79. The Morgan fingerprint density at radius 1 is 0.957 bits per heavy atom. The van der Waals surface area contributed by atoms with E-state index in [1.807, 2.05) is 31.2 Å². The smallest absolute Gasteiger partial charge is 0.254 e. The van der Waals surface area contributed by atoms with Gasteiger partial charge in [0.25, 0.3) is 5.56 Å². The van der Waals surface area contributed by atoms with Gasteiger partial charge in [0.1, 0.15) is 0 Å². The zero-order valence-electron chi connectivity index (χ0n) is 24.5. The molecule has 2 atom stereocenters. The molecule has 46 heavy (non-hydrogen) atoms. The Hall–Kier alpha value is -5.20. The summed E-state index contributed by atoms with van der Waals surface area (Å²) in [5.74, 6) is -0.372. The summed E-state index contributed by atoms with van der Waals surface area (Å²) in [5.41, 5.74) is 4.86. The van der Waals surface area contributed by atoms with E-state index in [0.717, 1.165) is 11.3 Å². The van der Waals surface area contributed by atoms with E-state index in [2.05, 4.69) is 25.7 Å². The molecular formula is C32H26Cl2N10O2. The zero-order chi connectivity index (χ0) is 31.8. The van der Waals surface area contributed by atoms with Gasteiger partial charge in [-0.05, 0) is 55.3 Å². The van der Waals surface area contributed by atoms with Crippen LogP contribution in [0.3, 0.4) is 0 Å². The third-order valence-corrected chi connectivity index (χ3v) is 8.42. The van der Waals surface area contributed by atoms with Crippen molar-refractivity contribution in [1.29, 1.82) is 0 Å². The van der Waals surface area contributed by atoms with Crippen molar-refractivity contribution in [3.05, 3.63) is 112 Å². The largest absolute Gasteiger partial charge is 0.323 e. The second-order valence-corrected chi connectivity index (χ2v) is 11.8. The SMILES string of the molecule is C[C@@H]1CCC[C@H](n2cnc(-c3cc(Cl)ccc3-n3cc(Cl)nn3)cc2=O)c2cc(ccn2)-c2c(cnn2-c2ccncc2)NC1=O. The molecule has 7 rings (SSSR count). The van der Waals surface area contributed by atoms with Crippen LogP contribution in [0, 0.1) is 5.92 Å². The number of hydrogen-bond donors (Lipinski definition) is 1. The molecule has 230 valence electrons. The highest BCUT2D eigenvalue weighted by molar-refractivity contribution is 6.31. The molecule has 2 bridgehead atoms. The van der Waals surface area contributed by atoms with Gasteiger partial charge in [0.2, 0.25) is 5.91 Å². The van der Waals surface area contributed by atoms with E-state index in [9.17, 15) is 9.59 Å². The van der Waals surface area contributed by atoms with Gasteiger partial charge in [0.05, 0.1) is 58.9 Å². The fraction of sp³-hybridized carbons (Fsp3) is 0.188. The van der Waals surface area contributed by atoms with Crippen LogP contribution >= 0.6 is 23.2 Å². The first-order chi connectivity index (χ1) is 22.4. The van der Waals surface area contributed by atoms with Crippen molar-refractivity contribution in [3.8, 4) is 33.9 Å². The molecule has 6 heterocycles. The summed E-state index contributed by atoms with van der Waals surface area (Å²) in [6.07, 6.45) is 11.7. The van der Waals surface area contributed by atoms with Crippen molar-refractivity contribution in [2.45, 2.75) is 32.2 Å². The number of rotatable bonds is 4. The fourth-order valence-electron chi connectivity index (χ4n) is 5.68. The highest BCUT2D eigenvalue weighted by Crippen LogP contribution is 2.34. The Morgan fingerprint density at radius 2 is 1.80 bits per heavy atom. The Bertz CT molecular complexity index is 2130. The van der Waals surface area contributed by atoms with E-state index in [1.165, 1.54) is 17.1 Å². The summed E-state index contributed by atoms with van der Waals surface area (Å²) >= 11 is 12.4. The standard InChI is InChI=1S/C32H26Cl2N10O2/c1-19-3-2-4-28(42-18-37-24(15-30(42)45)23-14-21(33)5-6-27(23)43-17-29(34)40-41-43)25-13-20(7-12-36-25)31-26(39-32(19)46)16-38-44(31)22-8-10-35-11-9-22/h5-19,28H,2-4H2,1H3,(H,39,46)/t19-,28+/m1/s1. The van der Waals surface area contributed by atoms with Crippen LogP contribution < -0.4 is 10.9 Å². The van der Waals surface area contributed by atoms with Gasteiger partial charge < -0.3 is 5.32 Å². The quantitative estimate of drug-likeness (QED) is 0.253. The average Bonchev–Trinajstić information content (AvgIpc) is 3.69. The van der Waals surface area contributed by atoms with Gasteiger partial charge in [-0.25, -0.2) is 14.3 Å². The zero-order valence-corrected chi connectivity index (χ0v) is 26.0. The number of hydrogen-bond acceptors (Lipinski definition) is 8. The highest BCUT2D eigenvalue weighted by atomic mass is 35.5. The van der Waals surface area contributed by atoms with Crippen LogP contribution in [-0.4, -0.2) is 50.2 Å². The van der Waals surface area contributed by atoms with E-state index < -0.39 is 6.04 Å². The molecule has 6 aromatic rings. The molecule has 14 heteroatoms. The molecule has 0 unspecified atom stereocenters. The summed E-state index contributed by atoms with van der Waals surface area (Å²) in [6.45, 7) is 1.90. The summed E-state index contributed by atoms with van der Waals surface area (Å²) in [7, 11) is 0. The molecule has 12 nitrogen and oxygen atoms in total.